The van der Waals surface area contributed by atoms with Gasteiger partial charge in [-0.1, -0.05) is 0 Å². The zero-order valence-corrected chi connectivity index (χ0v) is 12.2. The van der Waals surface area contributed by atoms with Crippen LogP contribution >= 0.6 is 11.8 Å². The number of ether oxygens (including phenoxy) is 1. The summed E-state index contributed by atoms with van der Waals surface area (Å²) in [5.74, 6) is 1.46. The number of hydrogen-bond acceptors (Lipinski definition) is 5. The predicted octanol–water partition coefficient (Wildman–Crippen LogP) is 2.04. The summed E-state index contributed by atoms with van der Waals surface area (Å²) in [6, 6.07) is 1.71. The number of hydrogen-bond donors (Lipinski definition) is 1. The van der Waals surface area contributed by atoms with E-state index >= 15 is 0 Å². The number of pyridine rings is 1. The Hall–Kier alpha value is -1.40. The number of fused-ring (bicyclic) bond motifs is 1. The van der Waals surface area contributed by atoms with Gasteiger partial charge in [0.2, 0.25) is 0 Å². The number of nitrogens with one attached hydrogen (secondary N) is 1. The number of rotatable bonds is 3. The zero-order valence-electron chi connectivity index (χ0n) is 11.4. The Kier molecular flexibility index (Phi) is 4.03. The normalized spacial score (nSPS) is 16.6. The van der Waals surface area contributed by atoms with Gasteiger partial charge in [-0.3, -0.25) is 9.78 Å². The van der Waals surface area contributed by atoms with E-state index in [4.69, 9.17) is 4.74 Å². The Balaban J connectivity index is 1.81. The second-order valence-electron chi connectivity index (χ2n) is 4.93. The highest BCUT2D eigenvalue weighted by molar-refractivity contribution is 7.99. The van der Waals surface area contributed by atoms with Crippen LogP contribution in [0.15, 0.2) is 17.1 Å². The highest BCUT2D eigenvalue weighted by Crippen LogP contribution is 2.24. The second-order valence-corrected chi connectivity index (χ2v) is 6.22. The number of thioether (sulfide) groups is 1. The highest BCUT2D eigenvalue weighted by Gasteiger charge is 2.15. The van der Waals surface area contributed by atoms with E-state index in [1.807, 2.05) is 18.7 Å². The molecule has 0 aromatic carbocycles. The van der Waals surface area contributed by atoms with Gasteiger partial charge in [0.05, 0.1) is 22.3 Å². The SMILES string of the molecule is Cc1nccc2c(=O)[nH]c(CSC3CCOCC3)nc12. The lowest BCUT2D eigenvalue weighted by molar-refractivity contribution is 0.1000. The highest BCUT2D eigenvalue weighted by atomic mass is 32.2. The molecule has 0 spiro atoms. The summed E-state index contributed by atoms with van der Waals surface area (Å²) in [5.41, 5.74) is 1.42. The summed E-state index contributed by atoms with van der Waals surface area (Å²) >= 11 is 1.84. The Bertz CT molecular complexity index is 665. The van der Waals surface area contributed by atoms with Crippen molar-refractivity contribution in [2.75, 3.05) is 13.2 Å². The molecule has 3 heterocycles. The largest absolute Gasteiger partial charge is 0.381 e. The minimum atomic E-state index is -0.0805. The summed E-state index contributed by atoms with van der Waals surface area (Å²) in [5, 5.41) is 1.21. The summed E-state index contributed by atoms with van der Waals surface area (Å²) in [4.78, 5) is 23.7. The van der Waals surface area contributed by atoms with E-state index in [1.54, 1.807) is 12.3 Å². The van der Waals surface area contributed by atoms with Gasteiger partial charge in [-0.15, -0.1) is 0 Å². The van der Waals surface area contributed by atoms with Crippen LogP contribution in [-0.2, 0) is 10.5 Å². The molecule has 1 aliphatic heterocycles. The molecule has 1 saturated heterocycles. The summed E-state index contributed by atoms with van der Waals surface area (Å²) in [7, 11) is 0. The Morgan fingerprint density at radius 2 is 2.25 bits per heavy atom. The number of aromatic nitrogens is 3. The first-order valence-corrected chi connectivity index (χ1v) is 7.83. The quantitative estimate of drug-likeness (QED) is 0.937. The Morgan fingerprint density at radius 1 is 1.45 bits per heavy atom. The first-order valence-electron chi connectivity index (χ1n) is 6.78. The van der Waals surface area contributed by atoms with E-state index < -0.39 is 0 Å². The minimum Gasteiger partial charge on any atom is -0.381 e. The molecule has 0 amide bonds. The fourth-order valence-electron chi connectivity index (χ4n) is 2.35. The molecule has 0 bridgehead atoms. The molecule has 0 atom stereocenters. The predicted molar refractivity (Wildman–Crippen MR) is 80.0 cm³/mol. The zero-order chi connectivity index (χ0) is 13.9. The van der Waals surface area contributed by atoms with Crippen LogP contribution < -0.4 is 5.56 Å². The molecule has 106 valence electrons. The molecule has 1 aliphatic rings. The first-order chi connectivity index (χ1) is 9.74. The van der Waals surface area contributed by atoms with Crippen molar-refractivity contribution in [2.45, 2.75) is 30.8 Å². The maximum Gasteiger partial charge on any atom is 0.258 e. The van der Waals surface area contributed by atoms with Crippen LogP contribution in [-0.4, -0.2) is 33.4 Å². The summed E-state index contributed by atoms with van der Waals surface area (Å²) < 4.78 is 5.35. The van der Waals surface area contributed by atoms with E-state index in [-0.39, 0.29) is 5.56 Å². The van der Waals surface area contributed by atoms with Crippen molar-refractivity contribution >= 4 is 22.7 Å². The van der Waals surface area contributed by atoms with Crippen molar-refractivity contribution in [1.29, 1.82) is 0 Å². The molecule has 20 heavy (non-hydrogen) atoms. The van der Waals surface area contributed by atoms with Crippen LogP contribution in [0.2, 0.25) is 0 Å². The third kappa shape index (κ3) is 2.86. The van der Waals surface area contributed by atoms with E-state index in [9.17, 15) is 4.79 Å². The molecular weight excluding hydrogens is 274 g/mol. The van der Waals surface area contributed by atoms with Gasteiger partial charge in [-0.25, -0.2) is 4.98 Å². The Labute approximate surface area is 121 Å². The van der Waals surface area contributed by atoms with Gasteiger partial charge in [0.15, 0.2) is 0 Å². The molecule has 2 aromatic rings. The fraction of sp³-hybridized carbons (Fsp3) is 0.500. The van der Waals surface area contributed by atoms with Crippen LogP contribution in [0.3, 0.4) is 0 Å². The molecule has 0 unspecified atom stereocenters. The van der Waals surface area contributed by atoms with Gasteiger partial charge in [0.1, 0.15) is 5.82 Å². The van der Waals surface area contributed by atoms with Gasteiger partial charge < -0.3 is 9.72 Å². The maximum atomic E-state index is 12.1. The smallest absolute Gasteiger partial charge is 0.258 e. The molecular formula is C14H17N3O2S. The lowest BCUT2D eigenvalue weighted by Gasteiger charge is -2.21. The van der Waals surface area contributed by atoms with Gasteiger partial charge in [0.25, 0.3) is 5.56 Å². The summed E-state index contributed by atoms with van der Waals surface area (Å²) in [6.07, 6.45) is 3.79. The molecule has 1 fully saturated rings. The third-order valence-corrected chi connectivity index (χ3v) is 4.86. The van der Waals surface area contributed by atoms with Crippen molar-refractivity contribution in [1.82, 2.24) is 15.0 Å². The van der Waals surface area contributed by atoms with Crippen LogP contribution in [0.1, 0.15) is 24.4 Å². The molecule has 6 heteroatoms. The number of nitrogens with zero attached hydrogens (tertiary/aromatic N) is 2. The van der Waals surface area contributed by atoms with Crippen LogP contribution in [0, 0.1) is 6.92 Å². The van der Waals surface area contributed by atoms with Crippen LogP contribution in [0.4, 0.5) is 0 Å². The van der Waals surface area contributed by atoms with Crippen LogP contribution in [0.25, 0.3) is 10.9 Å². The lowest BCUT2D eigenvalue weighted by Crippen LogP contribution is -2.18. The molecule has 5 nitrogen and oxygen atoms in total. The van der Waals surface area contributed by atoms with E-state index in [0.717, 1.165) is 43.3 Å². The molecule has 2 aromatic heterocycles. The number of aryl methyl sites for hydroxylation is 1. The van der Waals surface area contributed by atoms with Crippen molar-refractivity contribution in [3.63, 3.8) is 0 Å². The van der Waals surface area contributed by atoms with Crippen molar-refractivity contribution in [3.05, 3.63) is 34.1 Å². The van der Waals surface area contributed by atoms with E-state index in [2.05, 4.69) is 15.0 Å². The number of H-pyrrole nitrogens is 1. The van der Waals surface area contributed by atoms with Gasteiger partial charge >= 0.3 is 0 Å². The van der Waals surface area contributed by atoms with Gasteiger partial charge in [-0.05, 0) is 25.8 Å². The molecule has 0 aliphatic carbocycles. The van der Waals surface area contributed by atoms with Gasteiger partial charge in [-0.2, -0.15) is 11.8 Å². The van der Waals surface area contributed by atoms with Gasteiger partial charge in [0, 0.05) is 24.7 Å². The third-order valence-electron chi connectivity index (χ3n) is 3.48. The molecule has 0 radical (unpaired) electrons. The van der Waals surface area contributed by atoms with Crippen molar-refractivity contribution < 1.29 is 4.74 Å². The fourth-order valence-corrected chi connectivity index (χ4v) is 3.41. The van der Waals surface area contributed by atoms with Crippen LogP contribution in [0.5, 0.6) is 0 Å². The van der Waals surface area contributed by atoms with E-state index in [0.29, 0.717) is 16.2 Å². The number of aromatic amines is 1. The van der Waals surface area contributed by atoms with E-state index in [1.165, 1.54) is 0 Å². The Morgan fingerprint density at radius 3 is 3.05 bits per heavy atom. The molecule has 1 N–H and O–H groups in total. The maximum absolute atomic E-state index is 12.1. The van der Waals surface area contributed by atoms with Crippen molar-refractivity contribution in [2.24, 2.45) is 0 Å². The monoisotopic (exact) mass is 291 g/mol. The standard InChI is InChI=1S/C14H17N3O2S/c1-9-13-11(2-5-15-9)14(18)17-12(16-13)8-20-10-3-6-19-7-4-10/h2,5,10H,3-4,6-8H2,1H3,(H,16,17,18). The summed E-state index contributed by atoms with van der Waals surface area (Å²) in [6.45, 7) is 3.55. The lowest BCUT2D eigenvalue weighted by atomic mass is 10.2. The molecule has 3 rings (SSSR count). The average molecular weight is 291 g/mol. The average Bonchev–Trinajstić information content (AvgIpc) is 2.47. The van der Waals surface area contributed by atoms with Crippen molar-refractivity contribution in [3.8, 4) is 0 Å². The second kappa shape index (κ2) is 5.93. The first kappa shape index (κ1) is 13.6. The molecule has 0 saturated carbocycles. The minimum absolute atomic E-state index is 0.0805. The topological polar surface area (TPSA) is 67.9 Å².